The van der Waals surface area contributed by atoms with Gasteiger partial charge in [-0.25, -0.2) is 4.98 Å². The molecule has 130 valence electrons. The highest BCUT2D eigenvalue weighted by molar-refractivity contribution is 6.04. The first-order valence-electron chi connectivity index (χ1n) is 7.78. The molecule has 1 aliphatic rings. The predicted octanol–water partition coefficient (Wildman–Crippen LogP) is 1.82. The second kappa shape index (κ2) is 7.04. The van der Waals surface area contributed by atoms with E-state index in [1.807, 2.05) is 31.2 Å². The average Bonchev–Trinajstić information content (AvgIpc) is 3.22. The number of rotatable bonds is 3. The topological polar surface area (TPSA) is 111 Å². The maximum atomic E-state index is 12.5. The summed E-state index contributed by atoms with van der Waals surface area (Å²) in [7, 11) is 0. The van der Waals surface area contributed by atoms with Gasteiger partial charge in [0.05, 0.1) is 0 Å². The van der Waals surface area contributed by atoms with Gasteiger partial charge < -0.3 is 10.6 Å². The molecule has 0 aliphatic carbocycles. The molecule has 1 amide bonds. The number of anilines is 1. The Morgan fingerprint density at radius 1 is 1.16 bits per heavy atom. The third-order valence-corrected chi connectivity index (χ3v) is 4.02. The Hall–Kier alpha value is -2.71. The molecule has 25 heavy (non-hydrogen) atoms. The summed E-state index contributed by atoms with van der Waals surface area (Å²) in [6, 6.07) is 7.41. The molecule has 3 aromatic rings. The van der Waals surface area contributed by atoms with E-state index in [4.69, 9.17) is 0 Å². The monoisotopic (exact) mass is 359 g/mol. The zero-order chi connectivity index (χ0) is 16.5. The van der Waals surface area contributed by atoms with Crippen LogP contribution >= 0.6 is 12.4 Å². The van der Waals surface area contributed by atoms with Gasteiger partial charge in [-0.3, -0.25) is 15.0 Å². The molecule has 1 aliphatic heterocycles. The van der Waals surface area contributed by atoms with Gasteiger partial charge in [0, 0.05) is 42.0 Å². The van der Waals surface area contributed by atoms with Crippen molar-refractivity contribution in [1.82, 2.24) is 30.7 Å². The van der Waals surface area contributed by atoms with Crippen molar-refractivity contribution in [3.05, 3.63) is 47.0 Å². The molecular weight excluding hydrogens is 342 g/mol. The number of aryl methyl sites for hydroxylation is 1. The van der Waals surface area contributed by atoms with Crippen LogP contribution in [0.5, 0.6) is 0 Å². The molecule has 4 N–H and O–H groups in total. The van der Waals surface area contributed by atoms with E-state index >= 15 is 0 Å². The van der Waals surface area contributed by atoms with Gasteiger partial charge in [-0.05, 0) is 31.2 Å². The Bertz CT molecular complexity index is 884. The minimum Gasteiger partial charge on any atom is -0.321 e. The van der Waals surface area contributed by atoms with E-state index in [1.54, 1.807) is 0 Å². The van der Waals surface area contributed by atoms with E-state index in [9.17, 15) is 4.79 Å². The lowest BCUT2D eigenvalue weighted by Gasteiger charge is -2.12. The van der Waals surface area contributed by atoms with Crippen LogP contribution in [-0.4, -0.2) is 37.8 Å². The zero-order valence-electron chi connectivity index (χ0n) is 13.6. The largest absolute Gasteiger partial charge is 0.321 e. The number of H-pyrrole nitrogens is 2. The van der Waals surface area contributed by atoms with Crippen LogP contribution in [0.3, 0.4) is 0 Å². The molecule has 0 saturated heterocycles. The Morgan fingerprint density at radius 2 is 1.96 bits per heavy atom. The van der Waals surface area contributed by atoms with Gasteiger partial charge in [0.25, 0.3) is 5.91 Å². The van der Waals surface area contributed by atoms with Gasteiger partial charge in [0.1, 0.15) is 5.82 Å². The maximum Gasteiger partial charge on any atom is 0.276 e. The van der Waals surface area contributed by atoms with Crippen molar-refractivity contribution >= 4 is 24.0 Å². The van der Waals surface area contributed by atoms with Crippen molar-refractivity contribution in [3.63, 3.8) is 0 Å². The standard InChI is InChI=1S/C16H17N7O.ClH/c1-9-18-15(23-20-9)10-2-4-11(5-3-10)19-16(24)14-12-8-17-7-6-13(12)21-22-14;/h2-5,17H,6-8H2,1H3,(H,19,24)(H,21,22)(H,18,20,23);1H. The highest BCUT2D eigenvalue weighted by atomic mass is 35.5. The molecule has 4 rings (SSSR count). The van der Waals surface area contributed by atoms with Crippen LogP contribution in [0.25, 0.3) is 11.4 Å². The molecule has 0 fully saturated rings. The van der Waals surface area contributed by atoms with E-state index in [1.165, 1.54) is 0 Å². The first-order chi connectivity index (χ1) is 11.7. The second-order valence-electron chi connectivity index (χ2n) is 5.73. The van der Waals surface area contributed by atoms with E-state index in [-0.39, 0.29) is 18.3 Å². The third-order valence-electron chi connectivity index (χ3n) is 4.02. The van der Waals surface area contributed by atoms with Gasteiger partial charge >= 0.3 is 0 Å². The minimum absolute atomic E-state index is 0. The molecule has 9 heteroatoms. The summed E-state index contributed by atoms with van der Waals surface area (Å²) >= 11 is 0. The lowest BCUT2D eigenvalue weighted by molar-refractivity contribution is 0.102. The molecule has 0 spiro atoms. The number of halogens is 1. The minimum atomic E-state index is -0.210. The number of aromatic amines is 2. The highest BCUT2D eigenvalue weighted by Gasteiger charge is 2.21. The van der Waals surface area contributed by atoms with E-state index in [0.29, 0.717) is 23.8 Å². The summed E-state index contributed by atoms with van der Waals surface area (Å²) in [5.74, 6) is 1.19. The summed E-state index contributed by atoms with van der Waals surface area (Å²) in [6.07, 6.45) is 0.861. The third kappa shape index (κ3) is 3.40. The van der Waals surface area contributed by atoms with Crippen LogP contribution < -0.4 is 10.6 Å². The number of hydrogen-bond acceptors (Lipinski definition) is 5. The molecule has 0 saturated carbocycles. The Morgan fingerprint density at radius 3 is 2.68 bits per heavy atom. The summed E-state index contributed by atoms with van der Waals surface area (Å²) in [4.78, 5) is 16.7. The van der Waals surface area contributed by atoms with Gasteiger partial charge in [-0.1, -0.05) is 0 Å². The maximum absolute atomic E-state index is 12.5. The van der Waals surface area contributed by atoms with E-state index in [2.05, 4.69) is 36.0 Å². The molecule has 8 nitrogen and oxygen atoms in total. The van der Waals surface area contributed by atoms with Gasteiger partial charge in [0.15, 0.2) is 11.5 Å². The van der Waals surface area contributed by atoms with Crippen molar-refractivity contribution in [1.29, 1.82) is 0 Å². The summed E-state index contributed by atoms with van der Waals surface area (Å²) in [5.41, 5.74) is 4.03. The van der Waals surface area contributed by atoms with E-state index in [0.717, 1.165) is 35.6 Å². The number of carbonyl (C=O) groups excluding carboxylic acids is 1. The fourth-order valence-corrected chi connectivity index (χ4v) is 2.78. The molecule has 0 bridgehead atoms. The highest BCUT2D eigenvalue weighted by Crippen LogP contribution is 2.20. The molecular formula is C16H18ClN7O. The van der Waals surface area contributed by atoms with Crippen molar-refractivity contribution in [2.75, 3.05) is 11.9 Å². The quantitative estimate of drug-likeness (QED) is 0.570. The Balaban J connectivity index is 0.00000182. The lowest BCUT2D eigenvalue weighted by atomic mass is 10.1. The van der Waals surface area contributed by atoms with Crippen LogP contribution in [-0.2, 0) is 13.0 Å². The van der Waals surface area contributed by atoms with Gasteiger partial charge in [-0.15, -0.1) is 12.4 Å². The van der Waals surface area contributed by atoms with Crippen molar-refractivity contribution < 1.29 is 4.79 Å². The molecule has 0 radical (unpaired) electrons. The summed E-state index contributed by atoms with van der Waals surface area (Å²) in [6.45, 7) is 3.42. The normalized spacial score (nSPS) is 13.0. The Kier molecular flexibility index (Phi) is 4.82. The summed E-state index contributed by atoms with van der Waals surface area (Å²) < 4.78 is 0. The lowest BCUT2D eigenvalue weighted by Crippen LogP contribution is -2.25. The van der Waals surface area contributed by atoms with Crippen molar-refractivity contribution in [3.8, 4) is 11.4 Å². The number of hydrogen-bond donors (Lipinski definition) is 4. The number of amides is 1. The van der Waals surface area contributed by atoms with Crippen LogP contribution in [0, 0.1) is 6.92 Å². The second-order valence-corrected chi connectivity index (χ2v) is 5.73. The fourth-order valence-electron chi connectivity index (χ4n) is 2.78. The number of aromatic nitrogens is 5. The van der Waals surface area contributed by atoms with Crippen LogP contribution in [0.2, 0.25) is 0 Å². The van der Waals surface area contributed by atoms with Gasteiger partial charge in [0.2, 0.25) is 0 Å². The number of benzene rings is 1. The molecule has 0 atom stereocenters. The number of nitrogens with one attached hydrogen (secondary N) is 4. The van der Waals surface area contributed by atoms with Crippen molar-refractivity contribution in [2.24, 2.45) is 0 Å². The van der Waals surface area contributed by atoms with Crippen molar-refractivity contribution in [2.45, 2.75) is 19.9 Å². The molecule has 2 aromatic heterocycles. The first-order valence-corrected chi connectivity index (χ1v) is 7.78. The molecule has 1 aromatic carbocycles. The van der Waals surface area contributed by atoms with Crippen LogP contribution in [0.1, 0.15) is 27.6 Å². The van der Waals surface area contributed by atoms with Crippen LogP contribution in [0.15, 0.2) is 24.3 Å². The number of carbonyl (C=O) groups is 1. The van der Waals surface area contributed by atoms with Crippen LogP contribution in [0.4, 0.5) is 5.69 Å². The first kappa shape index (κ1) is 17.1. The predicted molar refractivity (Wildman–Crippen MR) is 95.8 cm³/mol. The molecule has 0 unspecified atom stereocenters. The number of fused-ring (bicyclic) bond motifs is 1. The van der Waals surface area contributed by atoms with E-state index < -0.39 is 0 Å². The number of nitrogens with zero attached hydrogens (tertiary/aromatic N) is 3. The fraction of sp³-hybridized carbons (Fsp3) is 0.250. The summed E-state index contributed by atoms with van der Waals surface area (Å²) in [5, 5.41) is 20.2. The molecule has 3 heterocycles. The zero-order valence-corrected chi connectivity index (χ0v) is 14.4. The smallest absolute Gasteiger partial charge is 0.276 e. The van der Waals surface area contributed by atoms with Gasteiger partial charge in [-0.2, -0.15) is 10.2 Å². The SMILES string of the molecule is Cc1nc(-c2ccc(NC(=O)c3n[nH]c4c3CNCC4)cc2)n[nH]1.Cl. The average molecular weight is 360 g/mol. The Labute approximate surface area is 150 Å².